The number of ether oxygens (including phenoxy) is 2. The van der Waals surface area contributed by atoms with Crippen LogP contribution >= 0.6 is 0 Å². The summed E-state index contributed by atoms with van der Waals surface area (Å²) in [4.78, 5) is 22.8. The van der Waals surface area contributed by atoms with E-state index in [-0.39, 0.29) is 44.7 Å². The minimum atomic E-state index is -0.584. The van der Waals surface area contributed by atoms with Crippen LogP contribution in [0.3, 0.4) is 0 Å². The molecule has 0 aromatic carbocycles. The van der Waals surface area contributed by atoms with Gasteiger partial charge >= 0.3 is 11.9 Å². The Morgan fingerprint density at radius 2 is 1.19 bits per heavy atom. The molecular formula is C15H28O6. The van der Waals surface area contributed by atoms with Gasteiger partial charge in [-0.15, -0.1) is 0 Å². The van der Waals surface area contributed by atoms with Crippen LogP contribution in [0.25, 0.3) is 0 Å². The van der Waals surface area contributed by atoms with Crippen LogP contribution in [0.2, 0.25) is 0 Å². The van der Waals surface area contributed by atoms with Crippen LogP contribution in [0.15, 0.2) is 0 Å². The molecule has 6 heteroatoms. The summed E-state index contributed by atoms with van der Waals surface area (Å²) in [6.07, 6.45) is 2.31. The number of hydrogen-bond donors (Lipinski definition) is 2. The number of hydrogen-bond acceptors (Lipinski definition) is 6. The predicted octanol–water partition coefficient (Wildman–Crippen LogP) is 1.28. The van der Waals surface area contributed by atoms with Crippen molar-refractivity contribution < 1.29 is 29.3 Å². The van der Waals surface area contributed by atoms with Crippen LogP contribution in [0.5, 0.6) is 0 Å². The Morgan fingerprint density at radius 1 is 0.810 bits per heavy atom. The Kier molecular flexibility index (Phi) is 11.9. The van der Waals surface area contributed by atoms with Crippen molar-refractivity contribution in [3.8, 4) is 0 Å². The molecule has 0 aliphatic carbocycles. The van der Waals surface area contributed by atoms with E-state index in [0.29, 0.717) is 25.7 Å². The summed E-state index contributed by atoms with van der Waals surface area (Å²) in [6.45, 7) is 4.67. The van der Waals surface area contributed by atoms with E-state index < -0.39 is 11.9 Å². The first-order valence-electron chi connectivity index (χ1n) is 7.52. The van der Waals surface area contributed by atoms with Crippen molar-refractivity contribution in [3.63, 3.8) is 0 Å². The molecule has 0 saturated heterocycles. The van der Waals surface area contributed by atoms with Crippen molar-refractivity contribution in [1.82, 2.24) is 0 Å². The number of esters is 2. The van der Waals surface area contributed by atoms with Crippen molar-refractivity contribution in [1.29, 1.82) is 0 Å². The van der Waals surface area contributed by atoms with Crippen molar-refractivity contribution in [2.45, 2.75) is 46.0 Å². The van der Waals surface area contributed by atoms with E-state index in [1.807, 2.05) is 13.8 Å². The Balaban J connectivity index is 3.63. The predicted molar refractivity (Wildman–Crippen MR) is 77.5 cm³/mol. The van der Waals surface area contributed by atoms with Gasteiger partial charge in [0.15, 0.2) is 0 Å². The second kappa shape index (κ2) is 12.6. The topological polar surface area (TPSA) is 93.1 Å². The monoisotopic (exact) mass is 304 g/mol. The molecule has 0 bridgehead atoms. The number of aliphatic hydroxyl groups is 2. The second-order valence-electron chi connectivity index (χ2n) is 5.43. The fourth-order valence-electron chi connectivity index (χ4n) is 1.70. The fourth-order valence-corrected chi connectivity index (χ4v) is 1.70. The summed E-state index contributed by atoms with van der Waals surface area (Å²) in [6, 6.07) is 0. The molecule has 0 aromatic rings. The number of carbonyl (C=O) groups excluding carboxylic acids is 2. The molecule has 2 atom stereocenters. The zero-order valence-corrected chi connectivity index (χ0v) is 13.0. The van der Waals surface area contributed by atoms with Gasteiger partial charge in [-0.25, -0.2) is 0 Å². The molecule has 0 aliphatic rings. The molecule has 0 rings (SSSR count). The molecule has 0 aliphatic heterocycles. The van der Waals surface area contributed by atoms with Crippen LogP contribution in [0, 0.1) is 11.8 Å². The first-order valence-corrected chi connectivity index (χ1v) is 7.52. The molecule has 0 heterocycles. The highest BCUT2D eigenvalue weighted by Gasteiger charge is 2.13. The first-order chi connectivity index (χ1) is 9.99. The highest BCUT2D eigenvalue weighted by molar-refractivity contribution is 5.91. The third-order valence-corrected chi connectivity index (χ3v) is 3.28. The summed E-state index contributed by atoms with van der Waals surface area (Å²) in [7, 11) is 0. The zero-order valence-electron chi connectivity index (χ0n) is 13.0. The van der Waals surface area contributed by atoms with Gasteiger partial charge in [-0.3, -0.25) is 9.59 Å². The summed E-state index contributed by atoms with van der Waals surface area (Å²) >= 11 is 0. The van der Waals surface area contributed by atoms with Gasteiger partial charge in [0.25, 0.3) is 0 Å². The highest BCUT2D eigenvalue weighted by Crippen LogP contribution is 2.08. The van der Waals surface area contributed by atoms with Gasteiger partial charge in [0.05, 0.1) is 13.2 Å². The Morgan fingerprint density at radius 3 is 1.52 bits per heavy atom. The first kappa shape index (κ1) is 19.9. The quantitative estimate of drug-likeness (QED) is 0.417. The van der Waals surface area contributed by atoms with Crippen LogP contribution in [0.4, 0.5) is 0 Å². The van der Waals surface area contributed by atoms with Crippen LogP contribution in [0.1, 0.15) is 46.0 Å². The molecule has 6 nitrogen and oxygen atoms in total. The molecule has 0 saturated carbocycles. The lowest BCUT2D eigenvalue weighted by atomic mass is 10.1. The molecular weight excluding hydrogens is 276 g/mol. The zero-order chi connectivity index (χ0) is 16.1. The number of aliphatic hydroxyl groups excluding tert-OH is 2. The molecule has 2 unspecified atom stereocenters. The summed E-state index contributed by atoms with van der Waals surface area (Å²) < 4.78 is 9.88. The van der Waals surface area contributed by atoms with Crippen molar-refractivity contribution >= 4 is 11.9 Å². The van der Waals surface area contributed by atoms with Crippen molar-refractivity contribution in [3.05, 3.63) is 0 Å². The SMILES string of the molecule is CC(CCO)CCOC(=O)CC(=O)OCCC(C)CCO. The summed E-state index contributed by atoms with van der Waals surface area (Å²) in [5.41, 5.74) is 0. The van der Waals surface area contributed by atoms with E-state index in [0.717, 1.165) is 0 Å². The van der Waals surface area contributed by atoms with E-state index in [1.165, 1.54) is 0 Å². The maximum absolute atomic E-state index is 11.4. The standard InChI is InChI=1S/C15H28O6/c1-12(3-7-16)5-9-20-14(18)11-15(19)21-10-6-13(2)4-8-17/h12-13,16-17H,3-11H2,1-2H3. The average Bonchev–Trinajstić information content (AvgIpc) is 2.39. The van der Waals surface area contributed by atoms with E-state index in [9.17, 15) is 9.59 Å². The molecule has 21 heavy (non-hydrogen) atoms. The van der Waals surface area contributed by atoms with Gasteiger partial charge in [0.1, 0.15) is 6.42 Å². The van der Waals surface area contributed by atoms with E-state index in [4.69, 9.17) is 19.7 Å². The van der Waals surface area contributed by atoms with E-state index in [2.05, 4.69) is 0 Å². The smallest absolute Gasteiger partial charge is 0.317 e. The van der Waals surface area contributed by atoms with Crippen molar-refractivity contribution in [2.75, 3.05) is 26.4 Å². The number of carbonyl (C=O) groups is 2. The maximum Gasteiger partial charge on any atom is 0.317 e. The largest absolute Gasteiger partial charge is 0.465 e. The van der Waals surface area contributed by atoms with Gasteiger partial charge in [0.2, 0.25) is 0 Å². The lowest BCUT2D eigenvalue weighted by Gasteiger charge is -2.11. The molecule has 0 fully saturated rings. The van der Waals surface area contributed by atoms with Crippen LogP contribution in [-0.4, -0.2) is 48.6 Å². The van der Waals surface area contributed by atoms with Gasteiger partial charge in [-0.2, -0.15) is 0 Å². The Bertz CT molecular complexity index is 264. The third kappa shape index (κ3) is 12.3. The van der Waals surface area contributed by atoms with Gasteiger partial charge < -0.3 is 19.7 Å². The minimum absolute atomic E-state index is 0.121. The lowest BCUT2D eigenvalue weighted by Crippen LogP contribution is -2.16. The number of rotatable bonds is 12. The van der Waals surface area contributed by atoms with Crippen molar-refractivity contribution in [2.24, 2.45) is 11.8 Å². The molecule has 124 valence electrons. The fraction of sp³-hybridized carbons (Fsp3) is 0.867. The second-order valence-corrected chi connectivity index (χ2v) is 5.43. The van der Waals surface area contributed by atoms with E-state index >= 15 is 0 Å². The highest BCUT2D eigenvalue weighted by atomic mass is 16.6. The summed E-state index contributed by atoms with van der Waals surface area (Å²) in [5, 5.41) is 17.5. The van der Waals surface area contributed by atoms with Crippen LogP contribution in [-0.2, 0) is 19.1 Å². The summed E-state index contributed by atoms with van der Waals surface area (Å²) in [5.74, 6) is -0.607. The van der Waals surface area contributed by atoms with Gasteiger partial charge in [0, 0.05) is 13.2 Å². The molecule has 0 radical (unpaired) electrons. The van der Waals surface area contributed by atoms with Gasteiger partial charge in [-0.1, -0.05) is 13.8 Å². The Labute approximate surface area is 126 Å². The van der Waals surface area contributed by atoms with E-state index in [1.54, 1.807) is 0 Å². The normalized spacial score (nSPS) is 13.5. The third-order valence-electron chi connectivity index (χ3n) is 3.28. The molecule has 0 amide bonds. The molecule has 0 aromatic heterocycles. The molecule has 0 spiro atoms. The Hall–Kier alpha value is -1.14. The van der Waals surface area contributed by atoms with Gasteiger partial charge in [-0.05, 0) is 37.5 Å². The average molecular weight is 304 g/mol. The van der Waals surface area contributed by atoms with Crippen LogP contribution < -0.4 is 0 Å². The lowest BCUT2D eigenvalue weighted by molar-refractivity contribution is -0.154. The maximum atomic E-state index is 11.4. The minimum Gasteiger partial charge on any atom is -0.465 e. The molecule has 2 N–H and O–H groups in total.